The number of alkyl halides is 3. The average molecular weight is 454 g/mol. The molecule has 1 unspecified atom stereocenters. The van der Waals surface area contributed by atoms with Gasteiger partial charge in [0.2, 0.25) is 0 Å². The van der Waals surface area contributed by atoms with Crippen molar-refractivity contribution in [1.29, 1.82) is 0 Å². The van der Waals surface area contributed by atoms with E-state index in [4.69, 9.17) is 11.6 Å². The lowest BCUT2D eigenvalue weighted by Crippen LogP contribution is -2.35. The first-order chi connectivity index (χ1) is 14.6. The molecule has 0 aliphatic heterocycles. The molecule has 4 rings (SSSR count). The van der Waals surface area contributed by atoms with Crippen molar-refractivity contribution in [2.24, 2.45) is 0 Å². The van der Waals surface area contributed by atoms with Gasteiger partial charge in [-0.2, -0.15) is 18.3 Å². The summed E-state index contributed by atoms with van der Waals surface area (Å²) in [7, 11) is 0. The lowest BCUT2D eigenvalue weighted by molar-refractivity contribution is -0.198. The molecule has 0 bridgehead atoms. The number of halogens is 4. The molecule has 1 fully saturated rings. The molecule has 31 heavy (non-hydrogen) atoms. The smallest absolute Gasteiger partial charge is 0.382 e. The fourth-order valence-electron chi connectivity index (χ4n) is 3.16. The van der Waals surface area contributed by atoms with Crippen molar-refractivity contribution in [3.8, 4) is 11.3 Å². The number of benzene rings is 1. The van der Waals surface area contributed by atoms with Crippen molar-refractivity contribution in [2.45, 2.75) is 38.1 Å². The minimum Gasteiger partial charge on any atom is -0.382 e. The van der Waals surface area contributed by atoms with E-state index in [1.165, 1.54) is 16.8 Å². The second kappa shape index (κ2) is 8.01. The Balaban J connectivity index is 1.63. The Morgan fingerprint density at radius 3 is 2.74 bits per heavy atom. The molecule has 3 N–H and O–H groups in total. The molecule has 0 radical (unpaired) electrons. The van der Waals surface area contributed by atoms with E-state index in [9.17, 15) is 23.1 Å². The molecular formula is C20H19ClF3N5O2. The standard InChI is InChI=1S/C20H19ClF3N5O2/c1-10-6-11(2-5-13(10)19(31)27-12-3-4-12)15-8-26-18-14(7-17(21)28-29(15)18)25-9-16(30)20(22,23)24/h2,5-8,12,16,25,30H,3-4,9H2,1H3,(H,27,31). The average Bonchev–Trinajstić information content (AvgIpc) is 3.40. The monoisotopic (exact) mass is 453 g/mol. The van der Waals surface area contributed by atoms with Crippen LogP contribution in [0.15, 0.2) is 30.5 Å². The minimum absolute atomic E-state index is 0.0351. The number of aliphatic hydroxyl groups excluding tert-OH is 1. The maximum absolute atomic E-state index is 12.6. The van der Waals surface area contributed by atoms with Crippen molar-refractivity contribution in [1.82, 2.24) is 19.9 Å². The van der Waals surface area contributed by atoms with Gasteiger partial charge < -0.3 is 15.7 Å². The number of aryl methyl sites for hydroxylation is 1. The van der Waals surface area contributed by atoms with Crippen molar-refractivity contribution in [3.63, 3.8) is 0 Å². The number of nitrogens with zero attached hydrogens (tertiary/aromatic N) is 3. The fraction of sp³-hybridized carbons (Fsp3) is 0.350. The number of rotatable bonds is 6. The van der Waals surface area contributed by atoms with Gasteiger partial charge in [0.25, 0.3) is 5.91 Å². The highest BCUT2D eigenvalue weighted by Crippen LogP contribution is 2.28. The van der Waals surface area contributed by atoms with Crippen molar-refractivity contribution < 1.29 is 23.1 Å². The van der Waals surface area contributed by atoms with Crippen molar-refractivity contribution in [2.75, 3.05) is 11.9 Å². The Morgan fingerprint density at radius 1 is 1.35 bits per heavy atom. The number of anilines is 1. The number of fused-ring (bicyclic) bond motifs is 1. The number of aromatic nitrogens is 3. The predicted octanol–water partition coefficient (Wildman–Crippen LogP) is 3.59. The summed E-state index contributed by atoms with van der Waals surface area (Å²) in [5, 5.41) is 18.9. The van der Waals surface area contributed by atoms with Gasteiger partial charge in [-0.1, -0.05) is 17.7 Å². The lowest BCUT2D eigenvalue weighted by Gasteiger charge is -2.16. The van der Waals surface area contributed by atoms with Crippen LogP contribution in [-0.2, 0) is 0 Å². The third-order valence-corrected chi connectivity index (χ3v) is 5.17. The van der Waals surface area contributed by atoms with Gasteiger partial charge in [0.1, 0.15) is 0 Å². The molecule has 1 aromatic carbocycles. The Labute approximate surface area is 180 Å². The molecule has 0 saturated heterocycles. The Morgan fingerprint density at radius 2 is 2.10 bits per heavy atom. The summed E-state index contributed by atoms with van der Waals surface area (Å²) in [5.41, 5.74) is 3.05. The van der Waals surface area contributed by atoms with Crippen LogP contribution < -0.4 is 10.6 Å². The number of hydrogen-bond acceptors (Lipinski definition) is 5. The van der Waals surface area contributed by atoms with E-state index in [-0.39, 0.29) is 28.4 Å². The van der Waals surface area contributed by atoms with E-state index in [2.05, 4.69) is 20.7 Å². The number of aliphatic hydroxyl groups is 1. The molecule has 1 atom stereocenters. The van der Waals surface area contributed by atoms with Crippen LogP contribution in [0.1, 0.15) is 28.8 Å². The zero-order valence-electron chi connectivity index (χ0n) is 16.4. The molecule has 1 aliphatic carbocycles. The summed E-state index contributed by atoms with van der Waals surface area (Å²) in [6, 6.07) is 6.87. The van der Waals surface area contributed by atoms with E-state index in [0.717, 1.165) is 18.4 Å². The molecule has 1 amide bonds. The van der Waals surface area contributed by atoms with Crippen LogP contribution in [0.2, 0.25) is 5.15 Å². The van der Waals surface area contributed by atoms with Crippen molar-refractivity contribution >= 4 is 28.8 Å². The molecule has 2 aromatic heterocycles. The van der Waals surface area contributed by atoms with Gasteiger partial charge in [0.05, 0.1) is 17.6 Å². The lowest BCUT2D eigenvalue weighted by atomic mass is 10.0. The number of amides is 1. The van der Waals surface area contributed by atoms with Crippen LogP contribution >= 0.6 is 11.6 Å². The van der Waals surface area contributed by atoms with Gasteiger partial charge in [-0.05, 0) is 37.5 Å². The summed E-state index contributed by atoms with van der Waals surface area (Å²) in [4.78, 5) is 16.6. The van der Waals surface area contributed by atoms with Crippen LogP contribution in [0.3, 0.4) is 0 Å². The zero-order chi connectivity index (χ0) is 22.3. The third-order valence-electron chi connectivity index (χ3n) is 4.98. The van der Waals surface area contributed by atoms with Crippen LogP contribution in [0.5, 0.6) is 0 Å². The maximum Gasteiger partial charge on any atom is 0.416 e. The third kappa shape index (κ3) is 4.59. The van der Waals surface area contributed by atoms with E-state index in [1.807, 2.05) is 13.0 Å². The molecular weight excluding hydrogens is 435 g/mol. The summed E-state index contributed by atoms with van der Waals surface area (Å²) in [6.45, 7) is 1.06. The minimum atomic E-state index is -4.74. The Hall–Kier alpha value is -2.85. The van der Waals surface area contributed by atoms with Gasteiger partial charge in [0, 0.05) is 29.8 Å². The van der Waals surface area contributed by atoms with E-state index < -0.39 is 18.8 Å². The van der Waals surface area contributed by atoms with Crippen LogP contribution in [0.25, 0.3) is 16.9 Å². The summed E-state index contributed by atoms with van der Waals surface area (Å²) in [5.74, 6) is -0.124. The Kier molecular flexibility index (Phi) is 5.52. The van der Waals surface area contributed by atoms with Gasteiger partial charge in [-0.25, -0.2) is 9.50 Å². The summed E-state index contributed by atoms with van der Waals surface area (Å²) >= 11 is 6.06. The first-order valence-electron chi connectivity index (χ1n) is 9.58. The molecule has 164 valence electrons. The normalized spacial score (nSPS) is 15.2. The highest BCUT2D eigenvalue weighted by molar-refractivity contribution is 6.29. The van der Waals surface area contributed by atoms with Crippen LogP contribution in [0.4, 0.5) is 18.9 Å². The number of hydrogen-bond donors (Lipinski definition) is 3. The predicted molar refractivity (Wildman–Crippen MR) is 109 cm³/mol. The molecule has 3 aromatic rings. The molecule has 2 heterocycles. The second-order valence-electron chi connectivity index (χ2n) is 7.48. The van der Waals surface area contributed by atoms with E-state index in [1.54, 1.807) is 12.1 Å². The quantitative estimate of drug-likeness (QED) is 0.530. The summed E-state index contributed by atoms with van der Waals surface area (Å²) in [6.07, 6.45) is -3.78. The van der Waals surface area contributed by atoms with Gasteiger partial charge >= 0.3 is 6.18 Å². The highest BCUT2D eigenvalue weighted by Gasteiger charge is 2.38. The highest BCUT2D eigenvalue weighted by atomic mass is 35.5. The second-order valence-corrected chi connectivity index (χ2v) is 7.86. The number of carbonyl (C=O) groups excluding carboxylic acids is 1. The topological polar surface area (TPSA) is 91.6 Å². The van der Waals surface area contributed by atoms with Crippen LogP contribution in [-0.4, -0.2) is 50.5 Å². The SMILES string of the molecule is Cc1cc(-c2cnc3c(NCC(O)C(F)(F)F)cc(Cl)nn23)ccc1C(=O)NC1CC1. The number of carbonyl (C=O) groups is 1. The Bertz CT molecular complexity index is 1140. The van der Waals surface area contributed by atoms with Gasteiger partial charge in [-0.15, -0.1) is 0 Å². The van der Waals surface area contributed by atoms with Gasteiger partial charge in [0.15, 0.2) is 16.9 Å². The fourth-order valence-corrected chi connectivity index (χ4v) is 3.34. The molecule has 7 nitrogen and oxygen atoms in total. The molecule has 1 aliphatic rings. The molecule has 0 spiro atoms. The first kappa shape index (κ1) is 21.4. The molecule has 11 heteroatoms. The summed E-state index contributed by atoms with van der Waals surface area (Å²) < 4.78 is 39.2. The number of imidazole rings is 1. The maximum atomic E-state index is 12.6. The number of nitrogens with one attached hydrogen (secondary N) is 2. The van der Waals surface area contributed by atoms with Crippen molar-refractivity contribution in [3.05, 3.63) is 46.7 Å². The largest absolute Gasteiger partial charge is 0.416 e. The van der Waals surface area contributed by atoms with E-state index >= 15 is 0 Å². The zero-order valence-corrected chi connectivity index (χ0v) is 17.1. The molecule has 1 saturated carbocycles. The first-order valence-corrected chi connectivity index (χ1v) is 9.96. The van der Waals surface area contributed by atoms with Gasteiger partial charge in [-0.3, -0.25) is 4.79 Å². The van der Waals surface area contributed by atoms with E-state index in [0.29, 0.717) is 16.8 Å². The van der Waals surface area contributed by atoms with Crippen LogP contribution in [0, 0.1) is 6.92 Å².